The first-order valence-electron chi connectivity index (χ1n) is 14.6. The lowest BCUT2D eigenvalue weighted by Crippen LogP contribution is -2.38. The number of benzene rings is 2. The van der Waals surface area contributed by atoms with Gasteiger partial charge in [0.25, 0.3) is 0 Å². The van der Waals surface area contributed by atoms with Gasteiger partial charge in [0.2, 0.25) is 0 Å². The van der Waals surface area contributed by atoms with E-state index in [1.54, 1.807) is 18.2 Å². The first-order valence-corrected chi connectivity index (χ1v) is 14.6. The number of methoxy groups -OCH3 is 2. The molecule has 0 aliphatic carbocycles. The van der Waals surface area contributed by atoms with E-state index < -0.39 is 53.3 Å². The molecule has 0 radical (unpaired) electrons. The van der Waals surface area contributed by atoms with E-state index in [1.165, 1.54) is 32.1 Å². The molecule has 0 unspecified atom stereocenters. The molecule has 8 nitrogen and oxygen atoms in total. The number of nitrogens with zero attached hydrogens (tertiary/aromatic N) is 3. The highest BCUT2D eigenvalue weighted by Crippen LogP contribution is 2.43. The van der Waals surface area contributed by atoms with Crippen LogP contribution >= 0.6 is 0 Å². The van der Waals surface area contributed by atoms with E-state index in [-0.39, 0.29) is 12.6 Å². The lowest BCUT2D eigenvalue weighted by molar-refractivity contribution is -0.143. The normalized spacial score (nSPS) is 18.4. The van der Waals surface area contributed by atoms with Gasteiger partial charge in [0, 0.05) is 30.3 Å². The summed E-state index contributed by atoms with van der Waals surface area (Å²) in [7, 11) is 2.74. The average molecular weight is 664 g/mol. The molecule has 1 aromatic heterocycles. The highest BCUT2D eigenvalue weighted by molar-refractivity contribution is 5.88. The molecule has 2 aliphatic rings. The van der Waals surface area contributed by atoms with Gasteiger partial charge in [-0.05, 0) is 79.4 Å². The van der Waals surface area contributed by atoms with Crippen molar-refractivity contribution >= 4 is 24.0 Å². The van der Waals surface area contributed by atoms with Crippen molar-refractivity contribution in [3.63, 3.8) is 0 Å². The molecule has 2 aromatic carbocycles. The summed E-state index contributed by atoms with van der Waals surface area (Å²) >= 11 is 0. The summed E-state index contributed by atoms with van der Waals surface area (Å²) < 4.78 is 97.4. The Bertz CT molecular complexity index is 1690. The zero-order valence-corrected chi connectivity index (χ0v) is 25.8. The largest absolute Gasteiger partial charge is 0.496 e. The molecule has 0 N–H and O–H groups in total. The lowest BCUT2D eigenvalue weighted by atomic mass is 9.93. The summed E-state index contributed by atoms with van der Waals surface area (Å²) in [5.74, 6) is 0.552. The predicted octanol–water partition coefficient (Wildman–Crippen LogP) is 7.58. The van der Waals surface area contributed by atoms with Crippen LogP contribution in [-0.4, -0.2) is 55.3 Å². The van der Waals surface area contributed by atoms with Gasteiger partial charge >= 0.3 is 24.4 Å². The first kappa shape index (κ1) is 33.6. The van der Waals surface area contributed by atoms with Gasteiger partial charge in [-0.3, -0.25) is 4.90 Å². The average Bonchev–Trinajstić information content (AvgIpc) is 3.27. The molecule has 2 saturated heterocycles. The third-order valence-corrected chi connectivity index (χ3v) is 8.35. The van der Waals surface area contributed by atoms with Crippen LogP contribution in [0.25, 0.3) is 17.2 Å². The summed E-state index contributed by atoms with van der Waals surface area (Å²) in [5, 5.41) is 0. The topological polar surface area (TPSA) is 81.2 Å². The molecule has 2 fully saturated rings. The molecule has 2 aliphatic heterocycles. The fourth-order valence-electron chi connectivity index (χ4n) is 5.64. The van der Waals surface area contributed by atoms with E-state index in [4.69, 9.17) is 19.2 Å². The van der Waals surface area contributed by atoms with Crippen LogP contribution in [0.4, 0.5) is 37.0 Å². The first-order chi connectivity index (χ1) is 22.1. The summed E-state index contributed by atoms with van der Waals surface area (Å²) in [6, 6.07) is 7.32. The Kier molecular flexibility index (Phi) is 9.15. The Hall–Kier alpha value is -4.75. The number of esters is 1. The second kappa shape index (κ2) is 12.8. The quantitative estimate of drug-likeness (QED) is 0.140. The molecule has 2 atom stereocenters. The highest BCUT2D eigenvalue weighted by atomic mass is 19.4. The predicted molar refractivity (Wildman–Crippen MR) is 160 cm³/mol. The van der Waals surface area contributed by atoms with E-state index in [1.807, 2.05) is 24.0 Å². The van der Waals surface area contributed by atoms with Crippen molar-refractivity contribution in [3.8, 4) is 16.9 Å². The van der Waals surface area contributed by atoms with Crippen LogP contribution in [0.15, 0.2) is 48.5 Å². The van der Waals surface area contributed by atoms with E-state index in [0.29, 0.717) is 51.6 Å². The second-order valence-corrected chi connectivity index (χ2v) is 11.2. The molecule has 0 bridgehead atoms. The minimum absolute atomic E-state index is 0.0321. The number of hydrogen-bond donors (Lipinski definition) is 0. The Morgan fingerprint density at radius 2 is 1.68 bits per heavy atom. The SMILES string of the molecule is COC(=O)C=Cc1ccc(OC)c(-c2ccc(N3CCC3)nc2CN2C(=O)O[C@H](c3cc(C(F)(F)F)cc(C(F)(F)F)c3)[C@@H]2C)c1C. The maximum atomic E-state index is 13.6. The van der Waals surface area contributed by atoms with Crippen molar-refractivity contribution in [2.45, 2.75) is 51.3 Å². The number of cyclic esters (lactones) is 1. The van der Waals surface area contributed by atoms with Crippen molar-refractivity contribution in [2.24, 2.45) is 0 Å². The number of anilines is 1. The van der Waals surface area contributed by atoms with Crippen molar-refractivity contribution in [2.75, 3.05) is 32.2 Å². The highest BCUT2D eigenvalue weighted by Gasteiger charge is 2.43. The molecule has 250 valence electrons. The summed E-state index contributed by atoms with van der Waals surface area (Å²) in [5.41, 5.74) is -0.473. The van der Waals surface area contributed by atoms with Crippen molar-refractivity contribution < 1.29 is 50.1 Å². The van der Waals surface area contributed by atoms with E-state index >= 15 is 0 Å². The van der Waals surface area contributed by atoms with Crippen LogP contribution in [0.5, 0.6) is 5.75 Å². The number of hydrogen-bond acceptors (Lipinski definition) is 7. The molecule has 3 aromatic rings. The van der Waals surface area contributed by atoms with E-state index in [9.17, 15) is 35.9 Å². The van der Waals surface area contributed by atoms with Crippen molar-refractivity contribution in [1.29, 1.82) is 0 Å². The molecule has 3 heterocycles. The molecular formula is C33H31F6N3O5. The number of pyridine rings is 1. The molecule has 1 amide bonds. The zero-order chi connectivity index (χ0) is 34.3. The van der Waals surface area contributed by atoms with Crippen LogP contribution in [0.3, 0.4) is 0 Å². The third kappa shape index (κ3) is 6.86. The van der Waals surface area contributed by atoms with Crippen LogP contribution in [-0.2, 0) is 33.2 Å². The van der Waals surface area contributed by atoms with Gasteiger partial charge in [-0.2, -0.15) is 26.3 Å². The number of alkyl halides is 6. The molecular weight excluding hydrogens is 632 g/mol. The molecule has 5 rings (SSSR count). The number of amides is 1. The van der Waals surface area contributed by atoms with Crippen LogP contribution < -0.4 is 9.64 Å². The molecule has 14 heteroatoms. The van der Waals surface area contributed by atoms with Crippen LogP contribution in [0, 0.1) is 6.92 Å². The Morgan fingerprint density at radius 1 is 1.02 bits per heavy atom. The smallest absolute Gasteiger partial charge is 0.416 e. The minimum Gasteiger partial charge on any atom is -0.496 e. The van der Waals surface area contributed by atoms with Crippen molar-refractivity contribution in [3.05, 3.63) is 82.1 Å². The van der Waals surface area contributed by atoms with Gasteiger partial charge in [0.15, 0.2) is 0 Å². The monoisotopic (exact) mass is 663 g/mol. The Morgan fingerprint density at radius 3 is 2.23 bits per heavy atom. The van der Waals surface area contributed by atoms with Crippen LogP contribution in [0.1, 0.15) is 53.0 Å². The van der Waals surface area contributed by atoms with Gasteiger partial charge in [-0.25, -0.2) is 14.6 Å². The number of carbonyl (C=O) groups excluding carboxylic acids is 2. The zero-order valence-electron chi connectivity index (χ0n) is 25.8. The fraction of sp³-hybridized carbons (Fsp3) is 0.364. The van der Waals surface area contributed by atoms with Gasteiger partial charge in [-0.15, -0.1) is 0 Å². The third-order valence-electron chi connectivity index (χ3n) is 8.35. The second-order valence-electron chi connectivity index (χ2n) is 11.2. The number of rotatable bonds is 8. The Balaban J connectivity index is 1.57. The summed E-state index contributed by atoms with van der Waals surface area (Å²) in [6.45, 7) is 4.67. The van der Waals surface area contributed by atoms with E-state index in [2.05, 4.69) is 0 Å². The fourth-order valence-corrected chi connectivity index (χ4v) is 5.64. The summed E-state index contributed by atoms with van der Waals surface area (Å²) in [4.78, 5) is 33.1. The lowest BCUT2D eigenvalue weighted by Gasteiger charge is -2.33. The van der Waals surface area contributed by atoms with Gasteiger partial charge in [0.1, 0.15) is 17.7 Å². The number of ether oxygens (including phenoxy) is 3. The standard InChI is InChI=1S/C33H31F6N3O5/c1-18-20(7-11-28(43)46-4)6-9-26(45-3)29(18)24-8-10-27(41-12-5-13-41)40-25(24)17-42-19(2)30(47-31(42)44)21-14-22(32(34,35)36)16-23(15-21)33(37,38)39/h6-11,14-16,19,30H,5,12-13,17H2,1-4H3/t19-,30-/m0/s1. The Labute approximate surface area is 266 Å². The van der Waals surface area contributed by atoms with E-state index in [0.717, 1.165) is 19.5 Å². The van der Waals surface area contributed by atoms with Gasteiger partial charge in [-0.1, -0.05) is 6.07 Å². The molecule has 0 spiro atoms. The molecule has 0 saturated carbocycles. The molecule has 47 heavy (non-hydrogen) atoms. The summed E-state index contributed by atoms with van der Waals surface area (Å²) in [6.07, 6.45) is -8.64. The maximum absolute atomic E-state index is 13.6. The number of aromatic nitrogens is 1. The maximum Gasteiger partial charge on any atom is 0.416 e. The van der Waals surface area contributed by atoms with Gasteiger partial charge in [0.05, 0.1) is 43.6 Å². The van der Waals surface area contributed by atoms with Crippen molar-refractivity contribution in [1.82, 2.24) is 9.88 Å². The van der Waals surface area contributed by atoms with Gasteiger partial charge < -0.3 is 19.1 Å². The van der Waals surface area contributed by atoms with Crippen LogP contribution in [0.2, 0.25) is 0 Å². The number of halogens is 6. The number of carbonyl (C=O) groups is 2. The minimum atomic E-state index is -5.06.